The van der Waals surface area contributed by atoms with E-state index in [1.807, 2.05) is 0 Å². The number of anilines is 1. The van der Waals surface area contributed by atoms with Gasteiger partial charge in [-0.2, -0.15) is 13.2 Å². The van der Waals surface area contributed by atoms with Crippen molar-refractivity contribution < 1.29 is 13.2 Å². The van der Waals surface area contributed by atoms with E-state index in [-0.39, 0.29) is 12.2 Å². The lowest BCUT2D eigenvalue weighted by molar-refractivity contribution is -0.136. The van der Waals surface area contributed by atoms with E-state index in [4.69, 9.17) is 0 Å². The van der Waals surface area contributed by atoms with Gasteiger partial charge in [0.15, 0.2) is 0 Å². The van der Waals surface area contributed by atoms with E-state index in [0.717, 1.165) is 16.1 Å². The van der Waals surface area contributed by atoms with E-state index >= 15 is 0 Å². The SMILES string of the molecule is FC(F)(F)c1ccccc1NCc1cncc(Br)c1. The van der Waals surface area contributed by atoms with E-state index < -0.39 is 11.7 Å². The maximum Gasteiger partial charge on any atom is 0.418 e. The molecular formula is C13H10BrF3N2. The van der Waals surface area contributed by atoms with Crippen molar-refractivity contribution in [3.63, 3.8) is 0 Å². The number of hydrogen-bond donors (Lipinski definition) is 1. The van der Waals surface area contributed by atoms with Gasteiger partial charge in [-0.05, 0) is 39.7 Å². The Labute approximate surface area is 116 Å². The second-order valence-electron chi connectivity index (χ2n) is 3.91. The second kappa shape index (κ2) is 5.61. The fraction of sp³-hybridized carbons (Fsp3) is 0.154. The summed E-state index contributed by atoms with van der Waals surface area (Å²) in [6.07, 6.45) is -1.14. The summed E-state index contributed by atoms with van der Waals surface area (Å²) in [5, 5.41) is 2.78. The highest BCUT2D eigenvalue weighted by Crippen LogP contribution is 2.34. The first kappa shape index (κ1) is 13.9. The van der Waals surface area contributed by atoms with Crippen molar-refractivity contribution in [2.45, 2.75) is 12.7 Å². The molecule has 1 aromatic heterocycles. The van der Waals surface area contributed by atoms with Crippen molar-refractivity contribution in [2.24, 2.45) is 0 Å². The predicted octanol–water partition coefficient (Wildman–Crippen LogP) is 4.48. The summed E-state index contributed by atoms with van der Waals surface area (Å²) in [7, 11) is 0. The first-order valence-corrected chi connectivity index (χ1v) is 6.25. The Hall–Kier alpha value is -1.56. The topological polar surface area (TPSA) is 24.9 Å². The zero-order valence-electron chi connectivity index (χ0n) is 9.71. The number of rotatable bonds is 3. The molecule has 0 aliphatic carbocycles. The average molecular weight is 331 g/mol. The normalized spacial score (nSPS) is 11.4. The molecule has 1 aromatic carbocycles. The Morgan fingerprint density at radius 3 is 2.58 bits per heavy atom. The largest absolute Gasteiger partial charge is 0.418 e. The highest BCUT2D eigenvalue weighted by atomic mass is 79.9. The Morgan fingerprint density at radius 2 is 1.89 bits per heavy atom. The van der Waals surface area contributed by atoms with E-state index in [2.05, 4.69) is 26.2 Å². The Kier molecular flexibility index (Phi) is 4.09. The van der Waals surface area contributed by atoms with Crippen molar-refractivity contribution in [1.29, 1.82) is 0 Å². The first-order valence-electron chi connectivity index (χ1n) is 5.46. The van der Waals surface area contributed by atoms with Crippen LogP contribution in [0, 0.1) is 0 Å². The number of hydrogen-bond acceptors (Lipinski definition) is 2. The number of pyridine rings is 1. The molecule has 0 bridgehead atoms. The first-order chi connectivity index (χ1) is 8.97. The van der Waals surface area contributed by atoms with Crippen LogP contribution in [0.2, 0.25) is 0 Å². The molecule has 0 unspecified atom stereocenters. The minimum Gasteiger partial charge on any atom is -0.380 e. The standard InChI is InChI=1S/C13H10BrF3N2/c14-10-5-9(6-18-8-10)7-19-12-4-2-1-3-11(12)13(15,16)17/h1-6,8,19H,7H2. The summed E-state index contributed by atoms with van der Waals surface area (Å²) in [4.78, 5) is 3.96. The molecule has 100 valence electrons. The van der Waals surface area contributed by atoms with Crippen molar-refractivity contribution in [2.75, 3.05) is 5.32 Å². The molecule has 6 heteroatoms. The zero-order valence-corrected chi connectivity index (χ0v) is 11.3. The molecule has 0 aliphatic heterocycles. The molecule has 0 radical (unpaired) electrons. The van der Waals surface area contributed by atoms with Crippen LogP contribution in [0.5, 0.6) is 0 Å². The van der Waals surface area contributed by atoms with Gasteiger partial charge >= 0.3 is 6.18 Å². The van der Waals surface area contributed by atoms with Gasteiger partial charge < -0.3 is 5.32 Å². The minimum absolute atomic E-state index is 0.0648. The van der Waals surface area contributed by atoms with Crippen LogP contribution >= 0.6 is 15.9 Å². The third kappa shape index (κ3) is 3.70. The molecule has 1 heterocycles. The molecule has 2 rings (SSSR count). The summed E-state index contributed by atoms with van der Waals surface area (Å²) < 4.78 is 39.1. The molecule has 0 aliphatic rings. The number of benzene rings is 1. The lowest BCUT2D eigenvalue weighted by Gasteiger charge is -2.14. The maximum absolute atomic E-state index is 12.8. The molecule has 19 heavy (non-hydrogen) atoms. The van der Waals surface area contributed by atoms with Gasteiger partial charge in [-0.3, -0.25) is 4.98 Å². The molecule has 0 amide bonds. The summed E-state index contributed by atoms with van der Waals surface area (Å²) >= 11 is 3.26. The van der Waals surface area contributed by atoms with Crippen LogP contribution < -0.4 is 5.32 Å². The number of para-hydroxylation sites is 1. The van der Waals surface area contributed by atoms with Crippen molar-refractivity contribution >= 4 is 21.6 Å². The number of aromatic nitrogens is 1. The van der Waals surface area contributed by atoms with E-state index in [9.17, 15) is 13.2 Å². The molecule has 0 spiro atoms. The monoisotopic (exact) mass is 330 g/mol. The quantitative estimate of drug-likeness (QED) is 0.897. The van der Waals surface area contributed by atoms with Gasteiger partial charge in [0, 0.05) is 29.1 Å². The van der Waals surface area contributed by atoms with Crippen LogP contribution in [-0.2, 0) is 12.7 Å². The third-order valence-electron chi connectivity index (χ3n) is 2.48. The van der Waals surface area contributed by atoms with Crippen LogP contribution in [0.3, 0.4) is 0 Å². The molecule has 1 N–H and O–H groups in total. The highest BCUT2D eigenvalue weighted by molar-refractivity contribution is 9.10. The van der Waals surface area contributed by atoms with Crippen LogP contribution in [0.25, 0.3) is 0 Å². The van der Waals surface area contributed by atoms with E-state index in [0.29, 0.717) is 0 Å². The lowest BCUT2D eigenvalue weighted by Crippen LogP contribution is -2.10. The van der Waals surface area contributed by atoms with Gasteiger partial charge in [-0.25, -0.2) is 0 Å². The Morgan fingerprint density at radius 1 is 1.16 bits per heavy atom. The van der Waals surface area contributed by atoms with E-state index in [1.54, 1.807) is 24.5 Å². The van der Waals surface area contributed by atoms with Gasteiger partial charge in [-0.1, -0.05) is 12.1 Å². The van der Waals surface area contributed by atoms with Crippen molar-refractivity contribution in [3.8, 4) is 0 Å². The van der Waals surface area contributed by atoms with E-state index in [1.165, 1.54) is 12.1 Å². The summed E-state index contributed by atoms with van der Waals surface area (Å²) in [5.41, 5.74) is 0.194. The molecule has 0 saturated heterocycles. The van der Waals surface area contributed by atoms with Crippen LogP contribution in [0.15, 0.2) is 47.2 Å². The highest BCUT2D eigenvalue weighted by Gasteiger charge is 2.32. The number of nitrogens with zero attached hydrogens (tertiary/aromatic N) is 1. The van der Waals surface area contributed by atoms with Crippen molar-refractivity contribution in [3.05, 3.63) is 58.3 Å². The van der Waals surface area contributed by atoms with Gasteiger partial charge in [0.1, 0.15) is 0 Å². The molecule has 0 atom stereocenters. The number of alkyl halides is 3. The van der Waals surface area contributed by atoms with Crippen LogP contribution in [0.4, 0.5) is 18.9 Å². The van der Waals surface area contributed by atoms with Gasteiger partial charge in [0.2, 0.25) is 0 Å². The van der Waals surface area contributed by atoms with Gasteiger partial charge in [0.25, 0.3) is 0 Å². The van der Waals surface area contributed by atoms with Gasteiger partial charge in [-0.15, -0.1) is 0 Å². The summed E-state index contributed by atoms with van der Waals surface area (Å²) in [6.45, 7) is 0.277. The molecule has 2 aromatic rings. The lowest BCUT2D eigenvalue weighted by atomic mass is 10.1. The van der Waals surface area contributed by atoms with Crippen molar-refractivity contribution in [1.82, 2.24) is 4.98 Å². The number of nitrogens with one attached hydrogen (secondary N) is 1. The third-order valence-corrected chi connectivity index (χ3v) is 2.91. The fourth-order valence-electron chi connectivity index (χ4n) is 1.63. The summed E-state index contributed by atoms with van der Waals surface area (Å²) in [6, 6.07) is 7.21. The molecule has 2 nitrogen and oxygen atoms in total. The Balaban J connectivity index is 2.16. The second-order valence-corrected chi connectivity index (χ2v) is 4.82. The minimum atomic E-state index is -4.36. The summed E-state index contributed by atoms with van der Waals surface area (Å²) in [5.74, 6) is 0. The fourth-order valence-corrected chi connectivity index (χ4v) is 2.05. The van der Waals surface area contributed by atoms with Crippen LogP contribution in [-0.4, -0.2) is 4.98 Å². The molecule has 0 saturated carbocycles. The molecular weight excluding hydrogens is 321 g/mol. The molecule has 0 fully saturated rings. The average Bonchev–Trinajstić information content (AvgIpc) is 2.36. The smallest absolute Gasteiger partial charge is 0.380 e. The Bertz CT molecular complexity index is 570. The maximum atomic E-state index is 12.8. The predicted molar refractivity (Wildman–Crippen MR) is 70.7 cm³/mol. The van der Waals surface area contributed by atoms with Gasteiger partial charge in [0.05, 0.1) is 5.56 Å². The van der Waals surface area contributed by atoms with Crippen LogP contribution in [0.1, 0.15) is 11.1 Å². The zero-order chi connectivity index (χ0) is 13.9. The number of halogens is 4.